The number of hydrogen-bond acceptors (Lipinski definition) is 2. The second kappa shape index (κ2) is 3.62. The van der Waals surface area contributed by atoms with Crippen LogP contribution in [0.25, 0.3) is 0 Å². The second-order valence-corrected chi connectivity index (χ2v) is 5.47. The number of alkyl halides is 6. The van der Waals surface area contributed by atoms with E-state index in [0.717, 1.165) is 0 Å². The molecule has 0 atom stereocenters. The molecule has 89 valence electrons. The van der Waals surface area contributed by atoms with Crippen molar-refractivity contribution in [1.29, 1.82) is 0 Å². The van der Waals surface area contributed by atoms with Gasteiger partial charge in [0.15, 0.2) is 0 Å². The molecule has 0 aromatic rings. The summed E-state index contributed by atoms with van der Waals surface area (Å²) in [6.07, 6.45) is -9.56. The van der Waals surface area contributed by atoms with E-state index in [0.29, 0.717) is 14.2 Å². The van der Waals surface area contributed by atoms with Crippen molar-refractivity contribution in [2.75, 3.05) is 14.2 Å². The summed E-state index contributed by atoms with van der Waals surface area (Å²) >= 11 is 0. The molecule has 0 N–H and O–H groups in total. The van der Waals surface area contributed by atoms with Gasteiger partial charge in [-0.25, -0.2) is 0 Å². The Labute approximate surface area is 70.9 Å². The molecule has 0 aliphatic heterocycles. The van der Waals surface area contributed by atoms with E-state index in [2.05, 4.69) is 4.74 Å². The van der Waals surface area contributed by atoms with Crippen LogP contribution in [-0.4, -0.2) is 38.6 Å². The SMILES string of the molecule is CO[C](=[Cf][N](C)C(F)(F)F)C(F)(F)F. The van der Waals surface area contributed by atoms with Crippen LogP contribution < -0.4 is 0 Å². The van der Waals surface area contributed by atoms with Gasteiger partial charge in [-0.05, 0) is 0 Å². The Hall–Kier alpha value is -1.63. The third kappa shape index (κ3) is 3.40. The Morgan fingerprint density at radius 1 is 1.14 bits per heavy atom. The van der Waals surface area contributed by atoms with E-state index in [1.165, 1.54) is 0 Å². The molecule has 0 saturated heterocycles. The standard InChI is InChI=1S/C3H3F3O.C2H3F3N.Cf/c1-7-2-3(4,5)6;1-6-2(3,4)5;/h1H3;1H3;/q;-1;+1. The van der Waals surface area contributed by atoms with E-state index < -0.39 is 19.1 Å². The number of halogens is 6. The molecule has 0 rings (SSSR count). The Bertz CT molecular complexity index is 221. The van der Waals surface area contributed by atoms with Crippen molar-refractivity contribution in [1.82, 2.24) is 5.32 Å². The van der Waals surface area contributed by atoms with Crippen LogP contribution >= 0.6 is 0 Å². The Balaban J connectivity index is 4.79. The molecule has 0 heterocycles. The van der Waals surface area contributed by atoms with Gasteiger partial charge in [0.2, 0.25) is 0 Å². The van der Waals surface area contributed by atoms with Crippen molar-refractivity contribution >= 4 is 6.61 Å². The molecule has 9 heteroatoms. The van der Waals surface area contributed by atoms with Crippen LogP contribution in [0.1, 0.15) is 0 Å². The summed E-state index contributed by atoms with van der Waals surface area (Å²) in [5.41, 5.74) is 0. The molecule has 2 nitrogen and oxygen atoms in total. The first-order valence-electron chi connectivity index (χ1n) is 2.97. The average molecular weight is 461 g/mol. The first kappa shape index (κ1) is 12.4. The Morgan fingerprint density at radius 3 is 1.79 bits per heavy atom. The fraction of sp³-hybridized carbons (Fsp3) is 0.800. The third-order valence-corrected chi connectivity index (χ3v) is 4.25. The molecule has 0 unspecified atom stereocenters. The summed E-state index contributed by atoms with van der Waals surface area (Å²) in [6.45, 7) is -1.44. The van der Waals surface area contributed by atoms with Gasteiger partial charge in [-0.3, -0.25) is 0 Å². The zero-order valence-corrected chi connectivity index (χ0v) is 9.57. The van der Waals surface area contributed by atoms with Crippen LogP contribution in [0.4, 0.5) is 26.3 Å². The van der Waals surface area contributed by atoms with Crippen molar-refractivity contribution in [2.24, 2.45) is 0 Å². The van der Waals surface area contributed by atoms with Crippen LogP contribution in [0.2, 0.25) is 0 Å². The summed E-state index contributed by atoms with van der Waals surface area (Å²) < 4.78 is 72.6. The molecule has 0 bridgehead atoms. The van der Waals surface area contributed by atoms with Crippen molar-refractivity contribution < 1.29 is 31.1 Å². The van der Waals surface area contributed by atoms with E-state index in [-0.39, 0.29) is 5.32 Å². The first-order chi connectivity index (χ1) is 6.09. The molecule has 14 heavy (non-hydrogen) atoms. The topological polar surface area (TPSA) is 12.5 Å². The molecule has 0 spiro atoms. The fourth-order valence-corrected chi connectivity index (χ4v) is 2.03. The van der Waals surface area contributed by atoms with Gasteiger partial charge in [-0.1, -0.05) is 0 Å². The number of nitrogens with zero attached hydrogens (tertiary/aromatic N) is 1. The quantitative estimate of drug-likeness (QED) is 0.460. The van der Waals surface area contributed by atoms with E-state index in [1.54, 1.807) is 0 Å². The summed E-state index contributed by atoms with van der Waals surface area (Å²) in [4.78, 5) is 0. The van der Waals surface area contributed by atoms with Gasteiger partial charge >= 0.3 is 69.6 Å². The molecule has 0 aromatic heterocycles. The van der Waals surface area contributed by atoms with Gasteiger partial charge in [0.05, 0.1) is 0 Å². The molecular weight excluding hydrogens is 455 g/mol. The third-order valence-electron chi connectivity index (χ3n) is 0.876. The van der Waals surface area contributed by atoms with Crippen LogP contribution in [0.15, 0.2) is 0 Å². The predicted molar refractivity (Wildman–Crippen MR) is 31.9 cm³/mol. The molecule has 0 saturated carbocycles. The molecule has 0 aliphatic carbocycles. The summed E-state index contributed by atoms with van der Waals surface area (Å²) in [5, 5.41) is -0.269. The Morgan fingerprint density at radius 2 is 1.57 bits per heavy atom. The normalized spacial score (nSPS) is 14.5. The first-order valence-corrected chi connectivity index (χ1v) is 5.46. The maximum absolute atomic E-state index is 11.9. The zero-order chi connectivity index (χ0) is 11.6. The van der Waals surface area contributed by atoms with Gasteiger partial charge in [0.1, 0.15) is 0 Å². The van der Waals surface area contributed by atoms with Gasteiger partial charge in [0.25, 0.3) is 0 Å². The number of methoxy groups -OCH3 is 1. The van der Waals surface area contributed by atoms with Crippen LogP contribution in [0.5, 0.6) is 0 Å². The van der Waals surface area contributed by atoms with E-state index >= 15 is 0 Å². The maximum atomic E-state index is 11.9. The minimum atomic E-state index is -4.81. The molecule has 0 aromatic carbocycles. The van der Waals surface area contributed by atoms with Gasteiger partial charge < -0.3 is 0 Å². The van der Waals surface area contributed by atoms with Crippen LogP contribution in [0.3, 0.4) is 0 Å². The molecule has 0 fully saturated rings. The summed E-state index contributed by atoms with van der Waals surface area (Å²) in [6, 6.07) is 0. The van der Waals surface area contributed by atoms with Crippen molar-refractivity contribution in [3.8, 4) is 0 Å². The van der Waals surface area contributed by atoms with Gasteiger partial charge in [-0.15, -0.1) is 0 Å². The van der Waals surface area contributed by atoms with Crippen LogP contribution in [-0.2, 0) is 4.74 Å². The van der Waals surface area contributed by atoms with Crippen molar-refractivity contribution in [3.05, 3.63) is 0 Å². The minimum absolute atomic E-state index is 0.269. The van der Waals surface area contributed by atoms with E-state index in [9.17, 15) is 26.3 Å². The summed E-state index contributed by atoms with van der Waals surface area (Å²) in [5.74, 6) is 0. The van der Waals surface area contributed by atoms with Crippen molar-refractivity contribution in [3.63, 3.8) is 0 Å². The molecule has 0 aliphatic rings. The second-order valence-electron chi connectivity index (χ2n) is 1.92. The Kier molecular flexibility index (Phi) is 3.20. The molecule has 0 radical (unpaired) electrons. The van der Waals surface area contributed by atoms with Gasteiger partial charge in [0, 0.05) is 0 Å². The number of rotatable bonds is 2. The number of hydrogen-bond donors (Lipinski definition) is 0. The molecule has 0 amide bonds. The zero-order valence-electron chi connectivity index (χ0n) is 6.94. The monoisotopic (exact) mass is 459 g/mol. The van der Waals surface area contributed by atoms with Gasteiger partial charge in [-0.2, -0.15) is 0 Å². The van der Waals surface area contributed by atoms with E-state index in [4.69, 9.17) is 0 Å². The number of ether oxygens (including phenoxy) is 1. The predicted octanol–water partition coefficient (Wildman–Crippen LogP) is 1.78. The van der Waals surface area contributed by atoms with Crippen LogP contribution in [0, 0.1) is 0 Å². The average Bonchev–Trinajstić information content (AvgIpc) is 1.95. The fourth-order valence-electron chi connectivity index (χ4n) is 0.321. The van der Waals surface area contributed by atoms with E-state index in [1.807, 2.05) is 0 Å². The summed E-state index contributed by atoms with van der Waals surface area (Å²) in [7, 11) is 1.28. The molecular formula is C5H6CfF6NO. The van der Waals surface area contributed by atoms with Crippen molar-refractivity contribution in [2.45, 2.75) is 12.5 Å².